The Morgan fingerprint density at radius 2 is 1.93 bits per heavy atom. The summed E-state index contributed by atoms with van der Waals surface area (Å²) in [6.07, 6.45) is 7.39. The van der Waals surface area contributed by atoms with E-state index >= 15 is 0 Å². The minimum Gasteiger partial charge on any atom is -0.377 e. The van der Waals surface area contributed by atoms with Gasteiger partial charge in [0, 0.05) is 31.7 Å². The Morgan fingerprint density at radius 1 is 1.19 bits per heavy atom. The average molecular weight is 395 g/mol. The van der Waals surface area contributed by atoms with Gasteiger partial charge in [-0.1, -0.05) is 43.7 Å². The van der Waals surface area contributed by atoms with E-state index in [9.17, 15) is 4.79 Å². The van der Waals surface area contributed by atoms with Crippen LogP contribution in [0.1, 0.15) is 57.4 Å². The zero-order chi connectivity index (χ0) is 18.4. The van der Waals surface area contributed by atoms with Crippen molar-refractivity contribution in [1.29, 1.82) is 0 Å². The fraction of sp³-hybridized carbons (Fsp3) is 0.682. The second-order valence-electron chi connectivity index (χ2n) is 8.08. The van der Waals surface area contributed by atoms with Gasteiger partial charge in [-0.15, -0.1) is 12.4 Å². The Hall–Kier alpha value is -1.10. The molecular formula is C22H35ClN2O2. The molecule has 4 nitrogen and oxygen atoms in total. The number of ether oxygens (including phenoxy) is 1. The van der Waals surface area contributed by atoms with E-state index in [4.69, 9.17) is 10.5 Å². The molecule has 2 saturated carbocycles. The van der Waals surface area contributed by atoms with E-state index in [-0.39, 0.29) is 30.5 Å². The number of halogens is 1. The highest BCUT2D eigenvalue weighted by Gasteiger charge is 2.35. The van der Waals surface area contributed by atoms with E-state index in [0.29, 0.717) is 11.8 Å². The van der Waals surface area contributed by atoms with Crippen LogP contribution in [-0.2, 0) is 16.1 Å². The number of amides is 1. The zero-order valence-electron chi connectivity index (χ0n) is 16.5. The van der Waals surface area contributed by atoms with Crippen LogP contribution in [0.2, 0.25) is 0 Å². The van der Waals surface area contributed by atoms with Crippen molar-refractivity contribution in [2.45, 2.75) is 70.6 Å². The molecule has 3 rings (SSSR count). The van der Waals surface area contributed by atoms with Gasteiger partial charge in [-0.2, -0.15) is 0 Å². The maximum Gasteiger partial charge on any atom is 0.226 e. The largest absolute Gasteiger partial charge is 0.377 e. The van der Waals surface area contributed by atoms with Crippen LogP contribution in [0.25, 0.3) is 0 Å². The van der Waals surface area contributed by atoms with E-state index < -0.39 is 0 Å². The average Bonchev–Trinajstić information content (AvgIpc) is 2.63. The molecule has 0 spiro atoms. The van der Waals surface area contributed by atoms with Gasteiger partial charge in [-0.3, -0.25) is 4.79 Å². The van der Waals surface area contributed by atoms with Gasteiger partial charge in [0.15, 0.2) is 0 Å². The summed E-state index contributed by atoms with van der Waals surface area (Å²) in [5, 5.41) is 0. The standard InChI is InChI=1S/C22H34N2O2.ClH/c1-2-13-26-21-14-19(11-12-20(21)23)22(25)24(16-18-9-6-10-18)15-17-7-4-3-5-8-17;/h3-5,7-8,18-21H,2,6,9-16,23H2,1H3;1H/t19-,20+,21+;/m0./s1. The number of rotatable bonds is 8. The molecule has 1 amide bonds. The smallest absolute Gasteiger partial charge is 0.226 e. The maximum atomic E-state index is 13.3. The maximum absolute atomic E-state index is 13.3. The highest BCUT2D eigenvalue weighted by Crippen LogP contribution is 2.31. The van der Waals surface area contributed by atoms with Crippen LogP contribution in [0.15, 0.2) is 30.3 Å². The van der Waals surface area contributed by atoms with Crippen molar-refractivity contribution >= 4 is 18.3 Å². The zero-order valence-corrected chi connectivity index (χ0v) is 17.3. The van der Waals surface area contributed by atoms with Crippen molar-refractivity contribution in [1.82, 2.24) is 4.90 Å². The third-order valence-corrected chi connectivity index (χ3v) is 5.96. The predicted octanol–water partition coefficient (Wildman–Crippen LogP) is 4.16. The van der Waals surface area contributed by atoms with Crippen molar-refractivity contribution in [3.8, 4) is 0 Å². The number of hydrogen-bond donors (Lipinski definition) is 1. The van der Waals surface area contributed by atoms with Gasteiger partial charge in [-0.05, 0) is 50.0 Å². The highest BCUT2D eigenvalue weighted by molar-refractivity contribution is 5.85. The van der Waals surface area contributed by atoms with E-state index in [1.54, 1.807) is 0 Å². The first-order valence-electron chi connectivity index (χ1n) is 10.4. The minimum atomic E-state index is 0. The van der Waals surface area contributed by atoms with Crippen molar-refractivity contribution < 1.29 is 9.53 Å². The third-order valence-electron chi connectivity index (χ3n) is 5.96. The summed E-state index contributed by atoms with van der Waals surface area (Å²) in [7, 11) is 0. The molecular weight excluding hydrogens is 360 g/mol. The summed E-state index contributed by atoms with van der Waals surface area (Å²) in [4.78, 5) is 15.4. The lowest BCUT2D eigenvalue weighted by Gasteiger charge is -2.38. The molecule has 152 valence electrons. The Labute approximate surface area is 170 Å². The molecule has 1 aromatic carbocycles. The Bertz CT molecular complexity index is 565. The van der Waals surface area contributed by atoms with Crippen molar-refractivity contribution in [3.05, 3.63) is 35.9 Å². The van der Waals surface area contributed by atoms with E-state index in [1.165, 1.54) is 24.8 Å². The first-order chi connectivity index (χ1) is 12.7. The highest BCUT2D eigenvalue weighted by atomic mass is 35.5. The van der Waals surface area contributed by atoms with E-state index in [2.05, 4.69) is 36.1 Å². The monoisotopic (exact) mass is 394 g/mol. The van der Waals surface area contributed by atoms with Gasteiger partial charge in [0.1, 0.15) is 0 Å². The van der Waals surface area contributed by atoms with Crippen LogP contribution in [0, 0.1) is 11.8 Å². The van der Waals surface area contributed by atoms with E-state index in [0.717, 1.165) is 45.4 Å². The Kier molecular flexibility index (Phi) is 9.07. The molecule has 2 aliphatic rings. The number of benzene rings is 1. The lowest BCUT2D eigenvalue weighted by atomic mass is 9.82. The van der Waals surface area contributed by atoms with Crippen LogP contribution in [0.3, 0.4) is 0 Å². The number of nitrogens with zero attached hydrogens (tertiary/aromatic N) is 1. The molecule has 5 heteroatoms. The Morgan fingerprint density at radius 3 is 2.56 bits per heavy atom. The molecule has 27 heavy (non-hydrogen) atoms. The topological polar surface area (TPSA) is 55.6 Å². The lowest BCUT2D eigenvalue weighted by Crippen LogP contribution is -2.47. The van der Waals surface area contributed by atoms with Crippen LogP contribution < -0.4 is 5.73 Å². The quantitative estimate of drug-likeness (QED) is 0.720. The molecule has 0 heterocycles. The van der Waals surface area contributed by atoms with Gasteiger partial charge >= 0.3 is 0 Å². The fourth-order valence-electron chi connectivity index (χ4n) is 4.12. The molecule has 0 unspecified atom stereocenters. The second-order valence-corrected chi connectivity index (χ2v) is 8.08. The summed E-state index contributed by atoms with van der Waals surface area (Å²) < 4.78 is 5.94. The van der Waals surface area contributed by atoms with Gasteiger partial charge in [0.05, 0.1) is 6.10 Å². The van der Waals surface area contributed by atoms with Crippen LogP contribution in [-0.4, -0.2) is 36.1 Å². The van der Waals surface area contributed by atoms with Gasteiger partial charge in [0.25, 0.3) is 0 Å². The van der Waals surface area contributed by atoms with Crippen molar-refractivity contribution in [2.75, 3.05) is 13.2 Å². The second kappa shape index (κ2) is 11.0. The molecule has 2 fully saturated rings. The molecule has 3 atom stereocenters. The summed E-state index contributed by atoms with van der Waals surface area (Å²) >= 11 is 0. The van der Waals surface area contributed by atoms with Crippen LogP contribution in [0.4, 0.5) is 0 Å². The molecule has 0 aliphatic heterocycles. The SMILES string of the molecule is CCCO[C@@H]1C[C@@H](C(=O)N(Cc2ccccc2)CC2CCC2)CC[C@H]1N.Cl. The molecule has 1 aromatic rings. The Balaban J connectivity index is 0.00000261. The first-order valence-corrected chi connectivity index (χ1v) is 10.4. The minimum absolute atomic E-state index is 0. The summed E-state index contributed by atoms with van der Waals surface area (Å²) in [6.45, 7) is 4.46. The summed E-state index contributed by atoms with van der Waals surface area (Å²) in [5.74, 6) is 1.04. The molecule has 0 bridgehead atoms. The third kappa shape index (κ3) is 6.20. The summed E-state index contributed by atoms with van der Waals surface area (Å²) in [5.41, 5.74) is 7.46. The van der Waals surface area contributed by atoms with E-state index in [1.807, 2.05) is 6.07 Å². The van der Waals surface area contributed by atoms with Gasteiger partial charge < -0.3 is 15.4 Å². The molecule has 2 N–H and O–H groups in total. The normalized spacial score (nSPS) is 25.3. The predicted molar refractivity (Wildman–Crippen MR) is 112 cm³/mol. The van der Waals surface area contributed by atoms with Crippen LogP contribution in [0.5, 0.6) is 0 Å². The first kappa shape index (κ1) is 22.2. The lowest BCUT2D eigenvalue weighted by molar-refractivity contribution is -0.140. The van der Waals surface area contributed by atoms with Crippen molar-refractivity contribution in [3.63, 3.8) is 0 Å². The van der Waals surface area contributed by atoms with Crippen molar-refractivity contribution in [2.24, 2.45) is 17.6 Å². The van der Waals surface area contributed by atoms with Crippen LogP contribution >= 0.6 is 12.4 Å². The molecule has 0 saturated heterocycles. The number of carbonyl (C=O) groups excluding carboxylic acids is 1. The molecule has 0 radical (unpaired) electrons. The number of hydrogen-bond acceptors (Lipinski definition) is 3. The number of carbonyl (C=O) groups is 1. The number of nitrogens with two attached hydrogens (primary N) is 1. The van der Waals surface area contributed by atoms with Gasteiger partial charge in [0.2, 0.25) is 5.91 Å². The fourth-order valence-corrected chi connectivity index (χ4v) is 4.12. The summed E-state index contributed by atoms with van der Waals surface area (Å²) in [6, 6.07) is 10.4. The molecule has 0 aromatic heterocycles. The van der Waals surface area contributed by atoms with Gasteiger partial charge in [-0.25, -0.2) is 0 Å². The molecule has 2 aliphatic carbocycles.